The minimum Gasteiger partial charge on any atom is -0.408 e. The zero-order valence-corrected chi connectivity index (χ0v) is 12.4. The Labute approximate surface area is 125 Å². The number of para-hydroxylation sites is 2. The minimum absolute atomic E-state index is 0.231. The summed E-state index contributed by atoms with van der Waals surface area (Å²) in [7, 11) is 0. The van der Waals surface area contributed by atoms with Crippen LogP contribution in [0.1, 0.15) is 11.5 Å². The van der Waals surface area contributed by atoms with Gasteiger partial charge in [0.25, 0.3) is 0 Å². The predicted octanol–water partition coefficient (Wildman–Crippen LogP) is 3.77. The van der Waals surface area contributed by atoms with Gasteiger partial charge in [-0.3, -0.25) is 4.57 Å². The van der Waals surface area contributed by atoms with Crippen LogP contribution in [0.2, 0.25) is 0 Å². The number of oxazole rings is 1. The van der Waals surface area contributed by atoms with Crippen molar-refractivity contribution < 1.29 is 4.42 Å². The summed E-state index contributed by atoms with van der Waals surface area (Å²) in [4.78, 5) is 12.0. The molecule has 0 fully saturated rings. The van der Waals surface area contributed by atoms with E-state index in [0.29, 0.717) is 12.1 Å². The molecule has 2 aromatic carbocycles. The van der Waals surface area contributed by atoms with Crippen molar-refractivity contribution in [1.82, 2.24) is 4.57 Å². The first-order valence-electron chi connectivity index (χ1n) is 6.49. The molecule has 0 aliphatic rings. The Balaban J connectivity index is 2.00. The highest BCUT2D eigenvalue weighted by molar-refractivity contribution is 9.09. The molecule has 4 heteroatoms. The molecule has 0 amide bonds. The fourth-order valence-corrected chi connectivity index (χ4v) is 2.95. The van der Waals surface area contributed by atoms with Gasteiger partial charge in [-0.05, 0) is 17.7 Å². The molecule has 3 nitrogen and oxygen atoms in total. The summed E-state index contributed by atoms with van der Waals surface area (Å²) >= 11 is 3.54. The summed E-state index contributed by atoms with van der Waals surface area (Å²) in [5, 5.41) is 0.795. The van der Waals surface area contributed by atoms with Gasteiger partial charge in [0.2, 0.25) is 0 Å². The molecule has 3 rings (SSSR count). The number of halogens is 1. The molecule has 1 unspecified atom stereocenters. The van der Waals surface area contributed by atoms with Crippen LogP contribution in [-0.2, 0) is 6.54 Å². The van der Waals surface area contributed by atoms with Crippen molar-refractivity contribution >= 4 is 27.0 Å². The molecule has 1 aromatic heterocycles. The number of hydrogen-bond donors (Lipinski definition) is 0. The lowest BCUT2D eigenvalue weighted by Gasteiger charge is -2.14. The summed E-state index contributed by atoms with van der Waals surface area (Å²) < 4.78 is 6.98. The quantitative estimate of drug-likeness (QED) is 0.682. The van der Waals surface area contributed by atoms with Gasteiger partial charge >= 0.3 is 5.76 Å². The summed E-state index contributed by atoms with van der Waals surface area (Å²) in [5.74, 6) is -0.0667. The predicted molar refractivity (Wildman–Crippen MR) is 83.5 cm³/mol. The zero-order chi connectivity index (χ0) is 13.9. The van der Waals surface area contributed by atoms with Crippen LogP contribution in [0.25, 0.3) is 11.1 Å². The van der Waals surface area contributed by atoms with Crippen LogP contribution < -0.4 is 5.76 Å². The highest BCUT2D eigenvalue weighted by Crippen LogP contribution is 2.22. The number of benzene rings is 2. The second-order valence-electron chi connectivity index (χ2n) is 4.71. The van der Waals surface area contributed by atoms with Crippen LogP contribution >= 0.6 is 15.9 Å². The molecular formula is C16H14BrNO2. The molecule has 3 aromatic rings. The van der Waals surface area contributed by atoms with Crippen molar-refractivity contribution in [2.45, 2.75) is 12.5 Å². The monoisotopic (exact) mass is 331 g/mol. The molecule has 20 heavy (non-hydrogen) atoms. The third-order valence-electron chi connectivity index (χ3n) is 3.43. The number of nitrogens with zero attached hydrogens (tertiary/aromatic N) is 1. The summed E-state index contributed by atoms with van der Waals surface area (Å²) in [6, 6.07) is 17.7. The maximum Gasteiger partial charge on any atom is 0.419 e. The highest BCUT2D eigenvalue weighted by atomic mass is 79.9. The van der Waals surface area contributed by atoms with Crippen molar-refractivity contribution in [3.63, 3.8) is 0 Å². The molecule has 1 heterocycles. The van der Waals surface area contributed by atoms with Crippen LogP contribution in [0, 0.1) is 0 Å². The van der Waals surface area contributed by atoms with E-state index in [0.717, 1.165) is 10.8 Å². The Morgan fingerprint density at radius 3 is 2.50 bits per heavy atom. The number of fused-ring (bicyclic) bond motifs is 1. The topological polar surface area (TPSA) is 35.1 Å². The summed E-state index contributed by atoms with van der Waals surface area (Å²) in [6.45, 7) is 0.602. The molecular weight excluding hydrogens is 318 g/mol. The van der Waals surface area contributed by atoms with E-state index in [1.165, 1.54) is 5.56 Å². The molecule has 0 N–H and O–H groups in total. The first-order valence-corrected chi connectivity index (χ1v) is 7.61. The van der Waals surface area contributed by atoms with Gasteiger partial charge in [-0.25, -0.2) is 4.79 Å². The van der Waals surface area contributed by atoms with Crippen molar-refractivity contribution in [1.29, 1.82) is 0 Å². The molecule has 0 aliphatic heterocycles. The fourth-order valence-electron chi connectivity index (χ4n) is 2.38. The SMILES string of the molecule is O=c1oc2ccccc2n1CC(CBr)c1ccccc1. The Hall–Kier alpha value is -1.81. The van der Waals surface area contributed by atoms with Gasteiger partial charge in [-0.15, -0.1) is 0 Å². The third kappa shape index (κ3) is 2.43. The molecule has 0 spiro atoms. The Morgan fingerprint density at radius 2 is 1.75 bits per heavy atom. The van der Waals surface area contributed by atoms with Crippen LogP contribution in [0.15, 0.2) is 63.8 Å². The maximum atomic E-state index is 12.0. The Kier molecular flexibility index (Phi) is 3.74. The summed E-state index contributed by atoms with van der Waals surface area (Å²) in [6.07, 6.45) is 0. The highest BCUT2D eigenvalue weighted by Gasteiger charge is 2.15. The van der Waals surface area contributed by atoms with Crippen LogP contribution in [0.3, 0.4) is 0 Å². The second kappa shape index (κ2) is 5.67. The number of alkyl halides is 1. The van der Waals surface area contributed by atoms with Crippen molar-refractivity contribution in [3.05, 3.63) is 70.7 Å². The van der Waals surface area contributed by atoms with Gasteiger partial charge in [0.1, 0.15) is 0 Å². The van der Waals surface area contributed by atoms with Gasteiger partial charge in [0, 0.05) is 17.8 Å². The van der Waals surface area contributed by atoms with E-state index in [9.17, 15) is 4.79 Å². The largest absolute Gasteiger partial charge is 0.419 e. The smallest absolute Gasteiger partial charge is 0.408 e. The van der Waals surface area contributed by atoms with Gasteiger partial charge in [0.05, 0.1) is 5.52 Å². The summed E-state index contributed by atoms with van der Waals surface area (Å²) in [5.41, 5.74) is 2.69. The van der Waals surface area contributed by atoms with E-state index in [2.05, 4.69) is 28.1 Å². The molecule has 0 radical (unpaired) electrons. The van der Waals surface area contributed by atoms with E-state index >= 15 is 0 Å². The van der Waals surface area contributed by atoms with E-state index in [4.69, 9.17) is 4.42 Å². The van der Waals surface area contributed by atoms with Gasteiger partial charge in [-0.2, -0.15) is 0 Å². The first-order chi connectivity index (χ1) is 9.79. The van der Waals surface area contributed by atoms with Crippen LogP contribution in [0.4, 0.5) is 0 Å². The zero-order valence-electron chi connectivity index (χ0n) is 10.8. The minimum atomic E-state index is -0.298. The molecule has 102 valence electrons. The lowest BCUT2D eigenvalue weighted by molar-refractivity contribution is 0.488. The van der Waals surface area contributed by atoms with Crippen molar-refractivity contribution in [2.24, 2.45) is 0 Å². The van der Waals surface area contributed by atoms with E-state index < -0.39 is 0 Å². The van der Waals surface area contributed by atoms with Crippen molar-refractivity contribution in [2.75, 3.05) is 5.33 Å². The van der Waals surface area contributed by atoms with Crippen LogP contribution in [0.5, 0.6) is 0 Å². The molecule has 0 aliphatic carbocycles. The van der Waals surface area contributed by atoms with Gasteiger partial charge in [-0.1, -0.05) is 58.4 Å². The lowest BCUT2D eigenvalue weighted by Crippen LogP contribution is -2.19. The number of aromatic nitrogens is 1. The lowest BCUT2D eigenvalue weighted by atomic mass is 10.0. The van der Waals surface area contributed by atoms with Gasteiger partial charge in [0.15, 0.2) is 5.58 Å². The first kappa shape index (κ1) is 13.2. The Morgan fingerprint density at radius 1 is 1.05 bits per heavy atom. The Bertz CT molecular complexity index is 761. The fraction of sp³-hybridized carbons (Fsp3) is 0.188. The molecule has 0 saturated heterocycles. The van der Waals surface area contributed by atoms with Crippen LogP contribution in [-0.4, -0.2) is 9.90 Å². The third-order valence-corrected chi connectivity index (χ3v) is 4.22. The standard InChI is InChI=1S/C16H14BrNO2/c17-10-13(12-6-2-1-3-7-12)11-18-14-8-4-5-9-15(14)20-16(18)19/h1-9,13H,10-11H2. The van der Waals surface area contributed by atoms with E-state index in [-0.39, 0.29) is 11.7 Å². The van der Waals surface area contributed by atoms with E-state index in [1.54, 1.807) is 4.57 Å². The molecule has 1 atom stereocenters. The average Bonchev–Trinajstić information content (AvgIpc) is 2.81. The van der Waals surface area contributed by atoms with Gasteiger partial charge < -0.3 is 4.42 Å². The number of hydrogen-bond acceptors (Lipinski definition) is 2. The maximum absolute atomic E-state index is 12.0. The normalized spacial score (nSPS) is 12.7. The molecule has 0 saturated carbocycles. The average molecular weight is 332 g/mol. The second-order valence-corrected chi connectivity index (χ2v) is 5.36. The molecule has 0 bridgehead atoms. The van der Waals surface area contributed by atoms with E-state index in [1.807, 2.05) is 42.5 Å². The van der Waals surface area contributed by atoms with Crippen molar-refractivity contribution in [3.8, 4) is 0 Å². The number of rotatable bonds is 4.